The van der Waals surface area contributed by atoms with Crippen molar-refractivity contribution < 1.29 is 0 Å². The molecule has 0 fully saturated rings. The van der Waals surface area contributed by atoms with E-state index in [1.807, 2.05) is 6.20 Å². The first kappa shape index (κ1) is 13.0. The van der Waals surface area contributed by atoms with Crippen molar-refractivity contribution in [1.29, 1.82) is 0 Å². The molecule has 0 saturated carbocycles. The minimum Gasteiger partial charge on any atom is -0.256 e. The van der Waals surface area contributed by atoms with E-state index in [9.17, 15) is 0 Å². The number of aryl methyl sites for hydroxylation is 2. The Bertz CT molecular complexity index is 979. The van der Waals surface area contributed by atoms with E-state index in [1.165, 1.54) is 38.2 Å². The van der Waals surface area contributed by atoms with E-state index in [2.05, 4.69) is 79.5 Å². The molecule has 3 aromatic carbocycles. The summed E-state index contributed by atoms with van der Waals surface area (Å²) in [5.74, 6) is 0. The minimum absolute atomic E-state index is 1.06. The molecule has 4 rings (SSSR count). The van der Waals surface area contributed by atoms with Gasteiger partial charge in [0.15, 0.2) is 0 Å². The highest BCUT2D eigenvalue weighted by molar-refractivity contribution is 6.03. The van der Waals surface area contributed by atoms with Crippen LogP contribution in [0.25, 0.3) is 32.8 Å². The summed E-state index contributed by atoms with van der Waals surface area (Å²) in [6, 6.07) is 21.7. The first-order valence-electron chi connectivity index (χ1n) is 7.57. The van der Waals surface area contributed by atoms with Gasteiger partial charge in [-0.3, -0.25) is 4.98 Å². The third-order valence-electron chi connectivity index (χ3n) is 4.13. The Kier molecular flexibility index (Phi) is 2.93. The summed E-state index contributed by atoms with van der Waals surface area (Å²) in [5, 5.41) is 4.98. The van der Waals surface area contributed by atoms with E-state index in [0.29, 0.717) is 0 Å². The Balaban J connectivity index is 2.07. The minimum atomic E-state index is 1.06. The molecular formula is C21H17N. The van der Waals surface area contributed by atoms with Crippen LogP contribution >= 0.6 is 0 Å². The van der Waals surface area contributed by atoms with Gasteiger partial charge in [0.1, 0.15) is 0 Å². The highest BCUT2D eigenvalue weighted by atomic mass is 14.7. The van der Waals surface area contributed by atoms with Gasteiger partial charge in [0.2, 0.25) is 0 Å². The normalized spacial score (nSPS) is 11.2. The van der Waals surface area contributed by atoms with E-state index in [1.54, 1.807) is 0 Å². The lowest BCUT2D eigenvalue weighted by molar-refractivity contribution is 1.33. The van der Waals surface area contributed by atoms with Gasteiger partial charge >= 0.3 is 0 Å². The fourth-order valence-corrected chi connectivity index (χ4v) is 3.20. The van der Waals surface area contributed by atoms with Crippen LogP contribution in [-0.2, 0) is 0 Å². The molecule has 106 valence electrons. The molecule has 0 bridgehead atoms. The van der Waals surface area contributed by atoms with Crippen LogP contribution in [0.4, 0.5) is 0 Å². The van der Waals surface area contributed by atoms with Crippen LogP contribution in [-0.4, -0.2) is 4.98 Å². The van der Waals surface area contributed by atoms with Crippen molar-refractivity contribution in [2.24, 2.45) is 0 Å². The molecule has 1 nitrogen and oxygen atoms in total. The maximum atomic E-state index is 4.67. The lowest BCUT2D eigenvalue weighted by atomic mass is 9.98. The van der Waals surface area contributed by atoms with Gasteiger partial charge in [-0.25, -0.2) is 0 Å². The zero-order chi connectivity index (χ0) is 15.1. The molecule has 0 radical (unpaired) electrons. The van der Waals surface area contributed by atoms with Gasteiger partial charge in [-0.05, 0) is 60.3 Å². The molecule has 0 N–H and O–H groups in total. The second-order valence-electron chi connectivity index (χ2n) is 5.96. The van der Waals surface area contributed by atoms with Crippen LogP contribution in [0.5, 0.6) is 0 Å². The molecule has 1 heteroatoms. The van der Waals surface area contributed by atoms with Crippen molar-refractivity contribution in [3.8, 4) is 11.3 Å². The summed E-state index contributed by atoms with van der Waals surface area (Å²) < 4.78 is 0. The molecule has 4 aromatic rings. The number of hydrogen-bond acceptors (Lipinski definition) is 1. The monoisotopic (exact) mass is 283 g/mol. The fraction of sp³-hybridized carbons (Fsp3) is 0.0952. The topological polar surface area (TPSA) is 12.9 Å². The van der Waals surface area contributed by atoms with Gasteiger partial charge in [-0.15, -0.1) is 0 Å². The van der Waals surface area contributed by atoms with Crippen LogP contribution < -0.4 is 0 Å². The van der Waals surface area contributed by atoms with Crippen LogP contribution in [0.3, 0.4) is 0 Å². The van der Waals surface area contributed by atoms with Crippen LogP contribution in [0.2, 0.25) is 0 Å². The predicted octanol–water partition coefficient (Wildman–Crippen LogP) is 5.67. The summed E-state index contributed by atoms with van der Waals surface area (Å²) in [6.07, 6.45) is 1.91. The molecule has 0 aliphatic carbocycles. The third-order valence-corrected chi connectivity index (χ3v) is 4.13. The lowest BCUT2D eigenvalue weighted by Crippen LogP contribution is -1.88. The third kappa shape index (κ3) is 2.15. The number of benzene rings is 3. The molecule has 1 heterocycles. The number of pyridine rings is 1. The molecule has 0 aliphatic rings. The Morgan fingerprint density at radius 2 is 1.36 bits per heavy atom. The van der Waals surface area contributed by atoms with Gasteiger partial charge in [-0.1, -0.05) is 41.5 Å². The van der Waals surface area contributed by atoms with Gasteiger partial charge in [-0.2, -0.15) is 0 Å². The van der Waals surface area contributed by atoms with Crippen LogP contribution in [0.15, 0.2) is 66.9 Å². The first-order chi connectivity index (χ1) is 10.7. The predicted molar refractivity (Wildman–Crippen MR) is 94.2 cm³/mol. The van der Waals surface area contributed by atoms with Crippen LogP contribution in [0.1, 0.15) is 11.1 Å². The fourth-order valence-electron chi connectivity index (χ4n) is 3.20. The van der Waals surface area contributed by atoms with Gasteiger partial charge in [0, 0.05) is 17.1 Å². The molecule has 0 atom stereocenters. The van der Waals surface area contributed by atoms with Gasteiger partial charge in [0.25, 0.3) is 0 Å². The van der Waals surface area contributed by atoms with Crippen molar-refractivity contribution in [2.45, 2.75) is 13.8 Å². The van der Waals surface area contributed by atoms with Crippen molar-refractivity contribution in [1.82, 2.24) is 4.98 Å². The number of hydrogen-bond donors (Lipinski definition) is 0. The maximum Gasteiger partial charge on any atom is 0.0780 e. The summed E-state index contributed by atoms with van der Waals surface area (Å²) in [4.78, 5) is 4.67. The van der Waals surface area contributed by atoms with E-state index < -0.39 is 0 Å². The molecule has 0 amide bonds. The molecule has 0 unspecified atom stereocenters. The average Bonchev–Trinajstić information content (AvgIpc) is 2.51. The molecule has 0 saturated heterocycles. The van der Waals surface area contributed by atoms with E-state index in [-0.39, 0.29) is 0 Å². The Labute approximate surface area is 130 Å². The second-order valence-corrected chi connectivity index (χ2v) is 5.96. The Morgan fingerprint density at radius 1 is 0.682 bits per heavy atom. The lowest BCUT2D eigenvalue weighted by Gasteiger charge is -2.09. The van der Waals surface area contributed by atoms with Crippen molar-refractivity contribution >= 4 is 21.5 Å². The summed E-state index contributed by atoms with van der Waals surface area (Å²) in [7, 11) is 0. The average molecular weight is 283 g/mol. The highest BCUT2D eigenvalue weighted by Crippen LogP contribution is 2.31. The second kappa shape index (κ2) is 4.96. The maximum absolute atomic E-state index is 4.67. The zero-order valence-corrected chi connectivity index (χ0v) is 12.8. The number of nitrogens with zero attached hydrogens (tertiary/aromatic N) is 1. The van der Waals surface area contributed by atoms with Crippen LogP contribution in [0, 0.1) is 13.8 Å². The standard InChI is InChI=1S/C21H17N/c1-14-9-15(2)11-19(10-14)21-20-13-17-6-4-3-5-16(17)12-18(20)7-8-22-21/h3-13H,1-2H3. The number of rotatable bonds is 1. The Morgan fingerprint density at radius 3 is 2.09 bits per heavy atom. The van der Waals surface area contributed by atoms with E-state index in [0.717, 1.165) is 5.69 Å². The van der Waals surface area contributed by atoms with Crippen molar-refractivity contribution in [2.75, 3.05) is 0 Å². The molecule has 0 spiro atoms. The first-order valence-corrected chi connectivity index (χ1v) is 7.57. The largest absolute Gasteiger partial charge is 0.256 e. The molecule has 1 aromatic heterocycles. The highest BCUT2D eigenvalue weighted by Gasteiger charge is 2.07. The quantitative estimate of drug-likeness (QED) is 0.410. The van der Waals surface area contributed by atoms with Gasteiger partial charge < -0.3 is 0 Å². The van der Waals surface area contributed by atoms with Gasteiger partial charge in [0.05, 0.1) is 5.69 Å². The summed E-state index contributed by atoms with van der Waals surface area (Å²) >= 11 is 0. The number of fused-ring (bicyclic) bond motifs is 2. The van der Waals surface area contributed by atoms with E-state index in [4.69, 9.17) is 0 Å². The van der Waals surface area contributed by atoms with Crippen molar-refractivity contribution in [3.63, 3.8) is 0 Å². The SMILES string of the molecule is Cc1cc(C)cc(-c2nccc3cc4ccccc4cc23)c1. The van der Waals surface area contributed by atoms with E-state index >= 15 is 0 Å². The summed E-state index contributed by atoms with van der Waals surface area (Å²) in [5.41, 5.74) is 4.80. The molecule has 0 aliphatic heterocycles. The molecule has 22 heavy (non-hydrogen) atoms. The zero-order valence-electron chi connectivity index (χ0n) is 12.8. The number of aromatic nitrogens is 1. The Hall–Kier alpha value is -2.67. The summed E-state index contributed by atoms with van der Waals surface area (Å²) in [6.45, 7) is 4.27. The van der Waals surface area contributed by atoms with Crippen molar-refractivity contribution in [3.05, 3.63) is 78.0 Å². The smallest absolute Gasteiger partial charge is 0.0780 e. The molecular weight excluding hydrogens is 266 g/mol.